The molecule has 0 aromatic heterocycles. The molecule has 140 valence electrons. The van der Waals surface area contributed by atoms with Gasteiger partial charge in [0.15, 0.2) is 5.84 Å². The van der Waals surface area contributed by atoms with Gasteiger partial charge in [-0.3, -0.25) is 4.79 Å². The number of anilines is 2. The Morgan fingerprint density at radius 1 is 0.963 bits per heavy atom. The molecule has 0 radical (unpaired) electrons. The summed E-state index contributed by atoms with van der Waals surface area (Å²) in [4.78, 5) is 17.2. The van der Waals surface area contributed by atoms with Crippen LogP contribution in [-0.4, -0.2) is 43.8 Å². The van der Waals surface area contributed by atoms with E-state index < -0.39 is 0 Å². The Labute approximate surface area is 161 Å². The van der Waals surface area contributed by atoms with Gasteiger partial charge < -0.3 is 9.80 Å². The molecule has 3 rings (SSSR count). The lowest BCUT2D eigenvalue weighted by atomic mass is 10.1. The lowest BCUT2D eigenvalue weighted by molar-refractivity contribution is -0.114. The van der Waals surface area contributed by atoms with E-state index >= 15 is 0 Å². The van der Waals surface area contributed by atoms with E-state index in [-0.39, 0.29) is 5.91 Å². The SMILES string of the molecule is CCN(CC)c1ccc(/C=C2\C(=O)N(c3ccccc3)N=C2N(C)C)cc1. The van der Waals surface area contributed by atoms with Crippen LogP contribution in [0.25, 0.3) is 6.08 Å². The molecule has 0 fully saturated rings. The third-order valence-corrected chi connectivity index (χ3v) is 4.62. The van der Waals surface area contributed by atoms with Crippen molar-refractivity contribution >= 4 is 29.2 Å². The second-order valence-electron chi connectivity index (χ2n) is 6.59. The standard InChI is InChI=1S/C22H26N4O/c1-5-25(6-2)18-14-12-17(13-15-18)16-20-21(24(3)4)23-26(22(20)27)19-10-8-7-9-11-19/h7-16H,5-6H2,1-4H3/b20-16-. The van der Waals surface area contributed by atoms with E-state index in [0.717, 1.165) is 24.3 Å². The van der Waals surface area contributed by atoms with Crippen molar-refractivity contribution in [1.29, 1.82) is 0 Å². The molecule has 0 aliphatic carbocycles. The van der Waals surface area contributed by atoms with Crippen LogP contribution in [0.2, 0.25) is 0 Å². The minimum absolute atomic E-state index is 0.113. The Morgan fingerprint density at radius 2 is 1.59 bits per heavy atom. The number of hydrogen-bond acceptors (Lipinski definition) is 4. The normalized spacial score (nSPS) is 15.3. The summed E-state index contributed by atoms with van der Waals surface area (Å²) in [5.41, 5.74) is 3.53. The van der Waals surface area contributed by atoms with Gasteiger partial charge in [0.2, 0.25) is 0 Å². The van der Waals surface area contributed by atoms with Gasteiger partial charge in [-0.25, -0.2) is 0 Å². The van der Waals surface area contributed by atoms with E-state index in [9.17, 15) is 4.79 Å². The van der Waals surface area contributed by atoms with Gasteiger partial charge >= 0.3 is 0 Å². The number of para-hydroxylation sites is 1. The molecule has 0 spiro atoms. The molecule has 1 heterocycles. The maximum atomic E-state index is 13.0. The van der Waals surface area contributed by atoms with Gasteiger partial charge in [-0.05, 0) is 49.8 Å². The third-order valence-electron chi connectivity index (χ3n) is 4.62. The van der Waals surface area contributed by atoms with Gasteiger partial charge in [-0.15, -0.1) is 5.10 Å². The number of benzene rings is 2. The summed E-state index contributed by atoms with van der Waals surface area (Å²) in [6.07, 6.45) is 1.91. The summed E-state index contributed by atoms with van der Waals surface area (Å²) in [7, 11) is 3.80. The molecule has 1 aliphatic heterocycles. The van der Waals surface area contributed by atoms with Gasteiger partial charge in [-0.2, -0.15) is 5.01 Å². The molecule has 27 heavy (non-hydrogen) atoms. The molecule has 0 unspecified atom stereocenters. The molecule has 5 heteroatoms. The van der Waals surface area contributed by atoms with E-state index in [0.29, 0.717) is 11.4 Å². The highest BCUT2D eigenvalue weighted by atomic mass is 16.2. The number of carbonyl (C=O) groups is 1. The zero-order valence-corrected chi connectivity index (χ0v) is 16.4. The Kier molecular flexibility index (Phi) is 5.60. The van der Waals surface area contributed by atoms with Crippen LogP contribution >= 0.6 is 0 Å². The topological polar surface area (TPSA) is 39.2 Å². The van der Waals surface area contributed by atoms with Crippen molar-refractivity contribution in [3.63, 3.8) is 0 Å². The molecule has 2 aromatic rings. The van der Waals surface area contributed by atoms with Crippen LogP contribution < -0.4 is 9.91 Å². The van der Waals surface area contributed by atoms with Crippen LogP contribution in [0.1, 0.15) is 19.4 Å². The fraction of sp³-hybridized carbons (Fsp3) is 0.273. The highest BCUT2D eigenvalue weighted by Gasteiger charge is 2.32. The quantitative estimate of drug-likeness (QED) is 0.759. The van der Waals surface area contributed by atoms with Crippen molar-refractivity contribution in [2.75, 3.05) is 37.1 Å². The predicted molar refractivity (Wildman–Crippen MR) is 113 cm³/mol. The first-order valence-electron chi connectivity index (χ1n) is 9.27. The van der Waals surface area contributed by atoms with Crippen molar-refractivity contribution in [3.05, 3.63) is 65.7 Å². The van der Waals surface area contributed by atoms with Crippen molar-refractivity contribution in [2.24, 2.45) is 5.10 Å². The zero-order chi connectivity index (χ0) is 19.4. The average Bonchev–Trinajstić information content (AvgIpc) is 3.01. The van der Waals surface area contributed by atoms with Gasteiger partial charge in [0.05, 0.1) is 11.3 Å². The van der Waals surface area contributed by atoms with Crippen LogP contribution in [0.5, 0.6) is 0 Å². The Bertz CT molecular complexity index is 850. The average molecular weight is 362 g/mol. The van der Waals surface area contributed by atoms with Crippen LogP contribution in [0.3, 0.4) is 0 Å². The second kappa shape index (κ2) is 8.08. The van der Waals surface area contributed by atoms with E-state index in [1.54, 1.807) is 0 Å². The smallest absolute Gasteiger partial charge is 0.282 e. The zero-order valence-electron chi connectivity index (χ0n) is 16.4. The Morgan fingerprint density at radius 3 is 2.15 bits per heavy atom. The molecule has 5 nitrogen and oxygen atoms in total. The molecule has 2 aromatic carbocycles. The molecule has 0 atom stereocenters. The fourth-order valence-corrected chi connectivity index (χ4v) is 3.14. The molecular formula is C22H26N4O. The lowest BCUT2D eigenvalue weighted by Crippen LogP contribution is -2.24. The molecular weight excluding hydrogens is 336 g/mol. The molecule has 0 saturated heterocycles. The maximum absolute atomic E-state index is 13.0. The number of amides is 1. The van der Waals surface area contributed by atoms with E-state index in [4.69, 9.17) is 0 Å². The minimum Gasteiger partial charge on any atom is -0.372 e. The largest absolute Gasteiger partial charge is 0.372 e. The first-order valence-corrected chi connectivity index (χ1v) is 9.27. The van der Waals surface area contributed by atoms with Crippen LogP contribution in [0.4, 0.5) is 11.4 Å². The first-order chi connectivity index (χ1) is 13.0. The summed E-state index contributed by atoms with van der Waals surface area (Å²) in [6, 6.07) is 17.8. The van der Waals surface area contributed by atoms with E-state index in [1.165, 1.54) is 10.7 Å². The summed E-state index contributed by atoms with van der Waals surface area (Å²) in [6.45, 7) is 6.24. The van der Waals surface area contributed by atoms with Gasteiger partial charge in [0, 0.05) is 32.9 Å². The van der Waals surface area contributed by atoms with E-state index in [2.05, 4.69) is 36.0 Å². The molecule has 1 amide bonds. The molecule has 0 bridgehead atoms. The van der Waals surface area contributed by atoms with Crippen LogP contribution in [-0.2, 0) is 4.79 Å². The second-order valence-corrected chi connectivity index (χ2v) is 6.59. The van der Waals surface area contributed by atoms with E-state index in [1.807, 2.05) is 67.5 Å². The maximum Gasteiger partial charge on any atom is 0.282 e. The van der Waals surface area contributed by atoms with Crippen LogP contribution in [0, 0.1) is 0 Å². The summed E-state index contributed by atoms with van der Waals surface area (Å²) >= 11 is 0. The van der Waals surface area contributed by atoms with Crippen molar-refractivity contribution in [3.8, 4) is 0 Å². The predicted octanol–water partition coefficient (Wildman–Crippen LogP) is 3.84. The van der Waals surface area contributed by atoms with Crippen molar-refractivity contribution < 1.29 is 4.79 Å². The van der Waals surface area contributed by atoms with Crippen molar-refractivity contribution in [2.45, 2.75) is 13.8 Å². The molecule has 0 N–H and O–H groups in total. The highest BCUT2D eigenvalue weighted by Crippen LogP contribution is 2.26. The van der Waals surface area contributed by atoms with Gasteiger partial charge in [0.25, 0.3) is 5.91 Å². The lowest BCUT2D eigenvalue weighted by Gasteiger charge is -2.21. The fourth-order valence-electron chi connectivity index (χ4n) is 3.14. The number of nitrogens with zero attached hydrogens (tertiary/aromatic N) is 4. The molecule has 0 saturated carbocycles. The van der Waals surface area contributed by atoms with Gasteiger partial charge in [-0.1, -0.05) is 30.3 Å². The number of hydrogen-bond donors (Lipinski definition) is 0. The third kappa shape index (κ3) is 3.87. The van der Waals surface area contributed by atoms with Crippen LogP contribution in [0.15, 0.2) is 65.3 Å². The monoisotopic (exact) mass is 362 g/mol. The minimum atomic E-state index is -0.113. The molecule has 1 aliphatic rings. The first kappa shape index (κ1) is 18.7. The number of amidine groups is 1. The Balaban J connectivity index is 1.92. The number of hydrazone groups is 1. The number of rotatable bonds is 5. The highest BCUT2D eigenvalue weighted by molar-refractivity contribution is 6.31. The van der Waals surface area contributed by atoms with Crippen molar-refractivity contribution in [1.82, 2.24) is 4.90 Å². The van der Waals surface area contributed by atoms with Gasteiger partial charge in [0.1, 0.15) is 0 Å². The summed E-state index contributed by atoms with van der Waals surface area (Å²) < 4.78 is 0. The summed E-state index contributed by atoms with van der Waals surface area (Å²) in [5, 5.41) is 6.00. The number of carbonyl (C=O) groups excluding carboxylic acids is 1. The summed E-state index contributed by atoms with van der Waals surface area (Å²) in [5.74, 6) is 0.550. The number of likely N-dealkylation sites (N-methyl/N-ethyl adjacent to an activating group) is 1. The Hall–Kier alpha value is -3.08.